The molecule has 0 atom stereocenters. The highest BCUT2D eigenvalue weighted by Crippen LogP contribution is 2.60. The lowest BCUT2D eigenvalue weighted by molar-refractivity contribution is -0.00516. The van der Waals surface area contributed by atoms with Gasteiger partial charge >= 0.3 is 0 Å². The van der Waals surface area contributed by atoms with Crippen LogP contribution in [0.5, 0.6) is 0 Å². The van der Waals surface area contributed by atoms with Crippen molar-refractivity contribution in [2.24, 2.45) is 17.8 Å². The Bertz CT molecular complexity index is 968. The molecule has 0 amide bonds. The van der Waals surface area contributed by atoms with E-state index in [1.165, 1.54) is 55.2 Å². The van der Waals surface area contributed by atoms with Crippen LogP contribution in [0.4, 0.5) is 0 Å². The molecule has 0 unspecified atom stereocenters. The highest BCUT2D eigenvalue weighted by Gasteiger charge is 2.51. The molecule has 7 rings (SSSR count). The fraction of sp³-hybridized carbons (Fsp3) is 0.370. The van der Waals surface area contributed by atoms with Gasteiger partial charge < -0.3 is 0 Å². The minimum atomic E-state index is 0.458. The first-order valence-corrected chi connectivity index (χ1v) is 10.9. The monoisotopic (exact) mass is 365 g/mol. The number of aromatic nitrogens is 1. The second-order valence-corrected chi connectivity index (χ2v) is 9.57. The maximum absolute atomic E-state index is 4.61. The van der Waals surface area contributed by atoms with E-state index in [0.717, 1.165) is 23.4 Å². The molecule has 2 aromatic carbocycles. The topological polar surface area (TPSA) is 12.9 Å². The van der Waals surface area contributed by atoms with E-state index in [1.807, 2.05) is 6.20 Å². The van der Waals surface area contributed by atoms with Crippen LogP contribution in [0.1, 0.15) is 44.1 Å². The van der Waals surface area contributed by atoms with Gasteiger partial charge in [0.2, 0.25) is 0 Å². The third-order valence-corrected chi connectivity index (χ3v) is 7.68. The third kappa shape index (κ3) is 2.71. The zero-order chi connectivity index (χ0) is 18.6. The number of hydrogen-bond acceptors (Lipinski definition) is 1. The van der Waals surface area contributed by atoms with Crippen molar-refractivity contribution in [2.45, 2.75) is 43.9 Å². The van der Waals surface area contributed by atoms with Crippen LogP contribution in [-0.4, -0.2) is 4.98 Å². The summed E-state index contributed by atoms with van der Waals surface area (Å²) >= 11 is 0. The SMILES string of the molecule is c1ccc(-c2cc(-c3cccc(C45CC6CC(CC(C6)C4)C5)c3)ccn2)cc1. The smallest absolute Gasteiger partial charge is 0.0708 e. The van der Waals surface area contributed by atoms with Gasteiger partial charge in [-0.2, -0.15) is 0 Å². The molecule has 0 aliphatic heterocycles. The summed E-state index contributed by atoms with van der Waals surface area (Å²) in [5, 5.41) is 0. The lowest BCUT2D eigenvalue weighted by atomic mass is 9.48. The number of benzene rings is 2. The molecule has 0 spiro atoms. The van der Waals surface area contributed by atoms with Crippen LogP contribution < -0.4 is 0 Å². The number of nitrogens with zero attached hydrogens (tertiary/aromatic N) is 1. The molecular weight excluding hydrogens is 338 g/mol. The lowest BCUT2D eigenvalue weighted by Gasteiger charge is -2.57. The molecule has 0 N–H and O–H groups in total. The molecule has 0 radical (unpaired) electrons. The Morgan fingerprint density at radius 3 is 2.00 bits per heavy atom. The molecule has 140 valence electrons. The Hall–Kier alpha value is -2.41. The zero-order valence-electron chi connectivity index (χ0n) is 16.4. The van der Waals surface area contributed by atoms with Crippen molar-refractivity contribution >= 4 is 0 Å². The molecule has 4 saturated carbocycles. The predicted molar refractivity (Wildman–Crippen MR) is 115 cm³/mol. The summed E-state index contributed by atoms with van der Waals surface area (Å²) in [5.41, 5.74) is 6.91. The van der Waals surface area contributed by atoms with E-state index in [2.05, 4.69) is 71.7 Å². The molecule has 4 aliphatic carbocycles. The summed E-state index contributed by atoms with van der Waals surface area (Å²) in [6.45, 7) is 0. The quantitative estimate of drug-likeness (QED) is 0.493. The number of pyridine rings is 1. The maximum atomic E-state index is 4.61. The van der Waals surface area contributed by atoms with Gasteiger partial charge in [0.25, 0.3) is 0 Å². The van der Waals surface area contributed by atoms with Crippen LogP contribution in [0.2, 0.25) is 0 Å². The first-order chi connectivity index (χ1) is 13.8. The third-order valence-electron chi connectivity index (χ3n) is 7.68. The molecule has 4 aliphatic rings. The van der Waals surface area contributed by atoms with E-state index in [0.29, 0.717) is 5.41 Å². The van der Waals surface area contributed by atoms with Crippen molar-refractivity contribution in [3.05, 3.63) is 78.5 Å². The molecule has 1 heteroatoms. The summed E-state index contributed by atoms with van der Waals surface area (Å²) < 4.78 is 0. The van der Waals surface area contributed by atoms with Crippen molar-refractivity contribution in [3.63, 3.8) is 0 Å². The molecule has 28 heavy (non-hydrogen) atoms. The summed E-state index contributed by atoms with van der Waals surface area (Å²) in [5.74, 6) is 2.96. The summed E-state index contributed by atoms with van der Waals surface area (Å²) in [6, 6.07) is 24.4. The Kier molecular flexibility index (Phi) is 3.72. The minimum Gasteiger partial charge on any atom is -0.256 e. The fourth-order valence-corrected chi connectivity index (χ4v) is 6.87. The minimum absolute atomic E-state index is 0.458. The summed E-state index contributed by atoms with van der Waals surface area (Å²) in [4.78, 5) is 4.61. The molecule has 3 aromatic rings. The standard InChI is InChI=1S/C27H27N/c1-2-5-22(6-3-1)26-15-24(9-10-28-26)23-7-4-8-25(14-23)27-16-19-11-20(17-27)13-21(12-19)18-27/h1-10,14-15,19-21H,11-13,16-18H2. The second kappa shape index (κ2) is 6.30. The normalized spacial score (nSPS) is 30.5. The molecule has 1 aromatic heterocycles. The Labute approximate surface area is 167 Å². The zero-order valence-corrected chi connectivity index (χ0v) is 16.4. The molecule has 4 bridgehead atoms. The van der Waals surface area contributed by atoms with E-state index < -0.39 is 0 Å². The largest absolute Gasteiger partial charge is 0.256 e. The average Bonchev–Trinajstić information content (AvgIpc) is 2.74. The van der Waals surface area contributed by atoms with Crippen molar-refractivity contribution in [1.82, 2.24) is 4.98 Å². The number of hydrogen-bond donors (Lipinski definition) is 0. The predicted octanol–water partition coefficient (Wildman–Crippen LogP) is 6.88. The maximum Gasteiger partial charge on any atom is 0.0708 e. The first-order valence-electron chi connectivity index (χ1n) is 10.9. The molecule has 4 fully saturated rings. The van der Waals surface area contributed by atoms with Crippen molar-refractivity contribution < 1.29 is 0 Å². The molecular formula is C27H27N. The molecule has 0 saturated heterocycles. The lowest BCUT2D eigenvalue weighted by Crippen LogP contribution is -2.48. The van der Waals surface area contributed by atoms with Gasteiger partial charge in [0, 0.05) is 11.8 Å². The van der Waals surface area contributed by atoms with Crippen LogP contribution in [0, 0.1) is 17.8 Å². The van der Waals surface area contributed by atoms with Crippen LogP contribution in [0.15, 0.2) is 72.9 Å². The van der Waals surface area contributed by atoms with Gasteiger partial charge in [-0.25, -0.2) is 0 Å². The van der Waals surface area contributed by atoms with E-state index in [1.54, 1.807) is 5.56 Å². The van der Waals surface area contributed by atoms with Crippen LogP contribution >= 0.6 is 0 Å². The summed E-state index contributed by atoms with van der Waals surface area (Å²) in [7, 11) is 0. The van der Waals surface area contributed by atoms with E-state index in [9.17, 15) is 0 Å². The molecule has 1 nitrogen and oxygen atoms in total. The first kappa shape index (κ1) is 16.5. The molecule has 1 heterocycles. The van der Waals surface area contributed by atoms with Crippen molar-refractivity contribution in [1.29, 1.82) is 0 Å². The van der Waals surface area contributed by atoms with Crippen LogP contribution in [-0.2, 0) is 5.41 Å². The average molecular weight is 366 g/mol. The van der Waals surface area contributed by atoms with E-state index in [4.69, 9.17) is 0 Å². The number of rotatable bonds is 3. The fourth-order valence-electron chi connectivity index (χ4n) is 6.87. The van der Waals surface area contributed by atoms with Crippen LogP contribution in [0.3, 0.4) is 0 Å². The highest BCUT2D eigenvalue weighted by atomic mass is 14.7. The van der Waals surface area contributed by atoms with E-state index in [-0.39, 0.29) is 0 Å². The summed E-state index contributed by atoms with van der Waals surface area (Å²) in [6.07, 6.45) is 10.7. The van der Waals surface area contributed by atoms with Gasteiger partial charge in [0.1, 0.15) is 0 Å². The van der Waals surface area contributed by atoms with Gasteiger partial charge in [0.05, 0.1) is 5.69 Å². The van der Waals surface area contributed by atoms with Crippen molar-refractivity contribution in [3.8, 4) is 22.4 Å². The van der Waals surface area contributed by atoms with Gasteiger partial charge in [-0.1, -0.05) is 54.6 Å². The van der Waals surface area contributed by atoms with Gasteiger partial charge in [0.15, 0.2) is 0 Å². The Morgan fingerprint density at radius 2 is 1.29 bits per heavy atom. The van der Waals surface area contributed by atoms with Gasteiger partial charge in [-0.3, -0.25) is 4.98 Å². The van der Waals surface area contributed by atoms with Gasteiger partial charge in [-0.15, -0.1) is 0 Å². The van der Waals surface area contributed by atoms with E-state index >= 15 is 0 Å². The van der Waals surface area contributed by atoms with Crippen LogP contribution in [0.25, 0.3) is 22.4 Å². The Balaban J connectivity index is 1.38. The van der Waals surface area contributed by atoms with Gasteiger partial charge in [-0.05, 0) is 90.5 Å². The Morgan fingerprint density at radius 1 is 0.643 bits per heavy atom. The second-order valence-electron chi connectivity index (χ2n) is 9.57. The van der Waals surface area contributed by atoms with Crippen molar-refractivity contribution in [2.75, 3.05) is 0 Å². The highest BCUT2D eigenvalue weighted by molar-refractivity contribution is 5.71.